The molecule has 9 heteroatoms. The van der Waals surface area contributed by atoms with E-state index in [-0.39, 0.29) is 10.8 Å². The maximum atomic E-state index is 13.1. The second-order valence-corrected chi connectivity index (χ2v) is 10.3. The molecule has 2 aromatic carbocycles. The van der Waals surface area contributed by atoms with Crippen molar-refractivity contribution in [3.63, 3.8) is 0 Å². The van der Waals surface area contributed by atoms with Crippen LogP contribution >= 0.6 is 11.6 Å². The summed E-state index contributed by atoms with van der Waals surface area (Å²) in [6.07, 6.45) is 4.36. The zero-order valence-corrected chi connectivity index (χ0v) is 19.4. The van der Waals surface area contributed by atoms with Gasteiger partial charge in [0.25, 0.3) is 5.91 Å². The van der Waals surface area contributed by atoms with Gasteiger partial charge in [-0.2, -0.15) is 9.40 Å². The zero-order valence-electron chi connectivity index (χ0n) is 17.8. The van der Waals surface area contributed by atoms with Crippen LogP contribution in [0.15, 0.2) is 59.6 Å². The van der Waals surface area contributed by atoms with Crippen molar-refractivity contribution in [3.8, 4) is 0 Å². The van der Waals surface area contributed by atoms with Crippen molar-refractivity contribution in [1.82, 2.24) is 14.1 Å². The number of piperidine rings is 1. The van der Waals surface area contributed by atoms with Gasteiger partial charge in [0.1, 0.15) is 5.82 Å². The van der Waals surface area contributed by atoms with Crippen LogP contribution in [0.3, 0.4) is 0 Å². The minimum atomic E-state index is -3.62. The fourth-order valence-electron chi connectivity index (χ4n) is 3.77. The molecule has 168 valence electrons. The first kappa shape index (κ1) is 22.5. The summed E-state index contributed by atoms with van der Waals surface area (Å²) >= 11 is 5.95. The standard InChI is InChI=1S/C23H25ClN4O3S/c1-17-5-10-20(32(30,31)27-13-3-2-4-14-27)15-21(17)23(29)26-22-11-12-25-28(22)16-18-6-8-19(24)9-7-18/h5-12,15H,2-4,13-14,16H2,1H3,(H,26,29). The van der Waals surface area contributed by atoms with Crippen molar-refractivity contribution in [3.05, 3.63) is 76.4 Å². The fraction of sp³-hybridized carbons (Fsp3) is 0.304. The summed E-state index contributed by atoms with van der Waals surface area (Å²) in [5.41, 5.74) is 2.01. The van der Waals surface area contributed by atoms with Crippen molar-refractivity contribution in [1.29, 1.82) is 0 Å². The van der Waals surface area contributed by atoms with Crippen LogP contribution in [0, 0.1) is 6.92 Å². The molecule has 0 spiro atoms. The Kier molecular flexibility index (Phi) is 6.64. The van der Waals surface area contributed by atoms with Gasteiger partial charge in [0.05, 0.1) is 17.6 Å². The van der Waals surface area contributed by atoms with Crippen molar-refractivity contribution >= 4 is 33.3 Å². The summed E-state index contributed by atoms with van der Waals surface area (Å²) in [4.78, 5) is 13.2. The Morgan fingerprint density at radius 2 is 1.78 bits per heavy atom. The molecule has 3 aromatic rings. The molecule has 2 heterocycles. The number of nitrogens with one attached hydrogen (secondary N) is 1. The molecular formula is C23H25ClN4O3S. The van der Waals surface area contributed by atoms with Crippen LogP contribution in [0.5, 0.6) is 0 Å². The highest BCUT2D eigenvalue weighted by Crippen LogP contribution is 2.23. The van der Waals surface area contributed by atoms with E-state index in [4.69, 9.17) is 11.6 Å². The smallest absolute Gasteiger partial charge is 0.257 e. The van der Waals surface area contributed by atoms with Gasteiger partial charge < -0.3 is 5.32 Å². The highest BCUT2D eigenvalue weighted by atomic mass is 35.5. The van der Waals surface area contributed by atoms with Gasteiger partial charge in [-0.25, -0.2) is 13.1 Å². The largest absolute Gasteiger partial charge is 0.307 e. The molecule has 0 bridgehead atoms. The second kappa shape index (κ2) is 9.44. The number of aromatic nitrogens is 2. The molecule has 1 fully saturated rings. The van der Waals surface area contributed by atoms with E-state index in [0.717, 1.165) is 24.8 Å². The highest BCUT2D eigenvalue weighted by Gasteiger charge is 2.27. The fourth-order valence-corrected chi connectivity index (χ4v) is 5.44. The lowest BCUT2D eigenvalue weighted by Gasteiger charge is -2.26. The molecule has 1 N–H and O–H groups in total. The van der Waals surface area contributed by atoms with Gasteiger partial charge >= 0.3 is 0 Å². The van der Waals surface area contributed by atoms with Crippen LogP contribution in [0.2, 0.25) is 5.02 Å². The van der Waals surface area contributed by atoms with Gasteiger partial charge in [0.2, 0.25) is 10.0 Å². The quantitative estimate of drug-likeness (QED) is 0.579. The van der Waals surface area contributed by atoms with E-state index >= 15 is 0 Å². The lowest BCUT2D eigenvalue weighted by Crippen LogP contribution is -2.35. The summed E-state index contributed by atoms with van der Waals surface area (Å²) in [6.45, 7) is 3.28. The van der Waals surface area contributed by atoms with E-state index in [0.29, 0.717) is 41.6 Å². The highest BCUT2D eigenvalue weighted by molar-refractivity contribution is 7.89. The average Bonchev–Trinajstić information content (AvgIpc) is 3.22. The van der Waals surface area contributed by atoms with Crippen molar-refractivity contribution in [2.75, 3.05) is 18.4 Å². The van der Waals surface area contributed by atoms with Crippen molar-refractivity contribution in [2.45, 2.75) is 37.6 Å². The molecule has 0 atom stereocenters. The van der Waals surface area contributed by atoms with Gasteiger partial charge in [0.15, 0.2) is 0 Å². The molecule has 0 unspecified atom stereocenters. The number of amides is 1. The molecule has 1 aromatic heterocycles. The Hall–Kier alpha value is -2.68. The average molecular weight is 473 g/mol. The molecule has 1 amide bonds. The van der Waals surface area contributed by atoms with Gasteiger partial charge in [-0.1, -0.05) is 36.2 Å². The predicted octanol–water partition coefficient (Wildman–Crippen LogP) is 4.32. The number of carbonyl (C=O) groups is 1. The van der Waals surface area contributed by atoms with E-state index in [1.807, 2.05) is 12.1 Å². The number of aryl methyl sites for hydroxylation is 1. The van der Waals surface area contributed by atoms with Crippen molar-refractivity contribution in [2.24, 2.45) is 0 Å². The molecule has 0 radical (unpaired) electrons. The topological polar surface area (TPSA) is 84.3 Å². The maximum Gasteiger partial charge on any atom is 0.257 e. The van der Waals surface area contributed by atoms with Crippen LogP contribution in [0.1, 0.15) is 40.7 Å². The molecule has 32 heavy (non-hydrogen) atoms. The number of halogens is 1. The number of hydrogen-bond acceptors (Lipinski definition) is 4. The Morgan fingerprint density at radius 1 is 1.06 bits per heavy atom. The van der Waals surface area contributed by atoms with E-state index in [1.54, 1.807) is 48.1 Å². The first-order valence-corrected chi connectivity index (χ1v) is 12.3. The molecule has 7 nitrogen and oxygen atoms in total. The first-order valence-electron chi connectivity index (χ1n) is 10.5. The third kappa shape index (κ3) is 4.87. The molecule has 1 aliphatic rings. The van der Waals surface area contributed by atoms with E-state index in [9.17, 15) is 13.2 Å². The monoisotopic (exact) mass is 472 g/mol. The molecule has 1 saturated heterocycles. The van der Waals surface area contributed by atoms with E-state index in [2.05, 4.69) is 10.4 Å². The summed E-state index contributed by atoms with van der Waals surface area (Å²) in [7, 11) is -3.62. The Labute approximate surface area is 193 Å². The number of anilines is 1. The second-order valence-electron chi connectivity index (χ2n) is 7.90. The van der Waals surface area contributed by atoms with Crippen LogP contribution in [0.4, 0.5) is 5.82 Å². The summed E-state index contributed by atoms with van der Waals surface area (Å²) < 4.78 is 29.3. The number of carbonyl (C=O) groups excluding carboxylic acids is 1. The molecule has 0 saturated carbocycles. The lowest BCUT2D eigenvalue weighted by atomic mass is 10.1. The van der Waals surface area contributed by atoms with Gasteiger partial charge in [-0.3, -0.25) is 4.79 Å². The summed E-state index contributed by atoms with van der Waals surface area (Å²) in [5, 5.41) is 7.80. The van der Waals surface area contributed by atoms with Crippen molar-refractivity contribution < 1.29 is 13.2 Å². The van der Waals surface area contributed by atoms with Gasteiger partial charge in [-0.05, 0) is 55.2 Å². The minimum Gasteiger partial charge on any atom is -0.307 e. The number of sulfonamides is 1. The molecule has 4 rings (SSSR count). The summed E-state index contributed by atoms with van der Waals surface area (Å²) in [5.74, 6) is 0.143. The normalized spacial score (nSPS) is 14.9. The first-order chi connectivity index (χ1) is 15.3. The Morgan fingerprint density at radius 3 is 2.50 bits per heavy atom. The molecule has 1 aliphatic heterocycles. The van der Waals surface area contributed by atoms with Crippen LogP contribution in [-0.2, 0) is 16.6 Å². The number of rotatable bonds is 6. The zero-order chi connectivity index (χ0) is 22.7. The Balaban J connectivity index is 1.55. The third-order valence-electron chi connectivity index (χ3n) is 5.61. The van der Waals surface area contributed by atoms with Gasteiger partial charge in [-0.15, -0.1) is 0 Å². The predicted molar refractivity (Wildman–Crippen MR) is 125 cm³/mol. The minimum absolute atomic E-state index is 0.143. The number of benzene rings is 2. The van der Waals surface area contributed by atoms with E-state index < -0.39 is 10.0 Å². The van der Waals surface area contributed by atoms with Crippen LogP contribution in [-0.4, -0.2) is 41.5 Å². The Bertz CT molecular complexity index is 1220. The number of nitrogens with zero attached hydrogens (tertiary/aromatic N) is 3. The molecule has 0 aliphatic carbocycles. The van der Waals surface area contributed by atoms with Gasteiger partial charge in [0, 0.05) is 29.7 Å². The third-order valence-corrected chi connectivity index (χ3v) is 7.76. The maximum absolute atomic E-state index is 13.1. The van der Waals surface area contributed by atoms with Crippen LogP contribution in [0.25, 0.3) is 0 Å². The van der Waals surface area contributed by atoms with Crippen LogP contribution < -0.4 is 5.32 Å². The lowest BCUT2D eigenvalue weighted by molar-refractivity contribution is 0.102. The molecular weight excluding hydrogens is 448 g/mol. The summed E-state index contributed by atoms with van der Waals surface area (Å²) in [6, 6.07) is 13.8. The van der Waals surface area contributed by atoms with E-state index in [1.165, 1.54) is 10.4 Å². The number of hydrogen-bond donors (Lipinski definition) is 1. The SMILES string of the molecule is Cc1ccc(S(=O)(=O)N2CCCCC2)cc1C(=O)Nc1ccnn1Cc1ccc(Cl)cc1.